The van der Waals surface area contributed by atoms with Gasteiger partial charge in [0.1, 0.15) is 0 Å². The van der Waals surface area contributed by atoms with Crippen molar-refractivity contribution in [3.05, 3.63) is 85.5 Å². The van der Waals surface area contributed by atoms with Crippen LogP contribution in [0.2, 0.25) is 0 Å². The van der Waals surface area contributed by atoms with E-state index in [0.29, 0.717) is 0 Å². The average Bonchev–Trinajstić information content (AvgIpc) is 2.47. The van der Waals surface area contributed by atoms with E-state index in [4.69, 9.17) is 0 Å². The smallest absolute Gasteiger partial charge is 0.172 e. The molecule has 0 aromatic carbocycles. The van der Waals surface area contributed by atoms with Crippen LogP contribution in [-0.2, 0) is 25.9 Å². The summed E-state index contributed by atoms with van der Waals surface area (Å²) in [6, 6.07) is 8.56. The molecule has 0 saturated carbocycles. The summed E-state index contributed by atoms with van der Waals surface area (Å²) in [4.78, 5) is 0. The predicted molar refractivity (Wildman–Crippen MR) is 81.1 cm³/mol. The molecule has 0 aliphatic heterocycles. The van der Waals surface area contributed by atoms with Gasteiger partial charge in [-0.1, -0.05) is 13.2 Å². The van der Waals surface area contributed by atoms with E-state index in [1.807, 2.05) is 12.2 Å². The number of hydrogen-bond donors (Lipinski definition) is 0. The molecule has 102 valence electrons. The van der Waals surface area contributed by atoms with Gasteiger partial charge in [0, 0.05) is 23.3 Å². The summed E-state index contributed by atoms with van der Waals surface area (Å²) in [6.45, 7) is 9.27. The van der Waals surface area contributed by atoms with Crippen LogP contribution >= 0.6 is 0 Å². The summed E-state index contributed by atoms with van der Waals surface area (Å²) >= 11 is 0. The van der Waals surface area contributed by atoms with Crippen molar-refractivity contribution < 1.29 is 9.13 Å². The maximum atomic E-state index is 3.77. The molecule has 0 bridgehead atoms. The summed E-state index contributed by atoms with van der Waals surface area (Å²) in [5.74, 6) is 0. The summed E-state index contributed by atoms with van der Waals surface area (Å²) in [5, 5.41) is 0. The van der Waals surface area contributed by atoms with Crippen LogP contribution in [0.5, 0.6) is 0 Å². The molecule has 2 rings (SSSR count). The fraction of sp³-hybridized carbons (Fsp3) is 0.222. The molecule has 2 heterocycles. The molecule has 20 heavy (non-hydrogen) atoms. The van der Waals surface area contributed by atoms with Crippen LogP contribution in [0.3, 0.4) is 0 Å². The van der Waals surface area contributed by atoms with E-state index in [2.05, 4.69) is 71.3 Å². The molecule has 0 saturated heterocycles. The zero-order valence-electron chi connectivity index (χ0n) is 11.9. The first-order chi connectivity index (χ1) is 9.81. The van der Waals surface area contributed by atoms with Crippen molar-refractivity contribution in [2.75, 3.05) is 0 Å². The van der Waals surface area contributed by atoms with Crippen molar-refractivity contribution in [2.24, 2.45) is 0 Å². The Bertz CT molecular complexity index is 534. The second-order valence-electron chi connectivity index (χ2n) is 4.90. The molecule has 0 aliphatic rings. The number of nitrogens with zero attached hydrogens (tertiary/aromatic N) is 2. The molecule has 0 atom stereocenters. The standard InChI is InChI=1S/C18H22N2/c1-3-11-19-13-5-7-17(15-19)9-10-18-8-6-14-20(16-18)12-4-2/h3-8,13-16H,1-2,9-12H2/q+2. The molecule has 2 heteroatoms. The third-order valence-electron chi connectivity index (χ3n) is 3.22. The molecule has 0 aliphatic carbocycles. The van der Waals surface area contributed by atoms with Crippen molar-refractivity contribution in [2.45, 2.75) is 25.9 Å². The molecular formula is C18H22N2+2. The van der Waals surface area contributed by atoms with Crippen molar-refractivity contribution in [1.82, 2.24) is 0 Å². The minimum atomic E-state index is 0.860. The predicted octanol–water partition coefficient (Wildman–Crippen LogP) is 2.42. The Morgan fingerprint density at radius 1 is 0.800 bits per heavy atom. The molecule has 2 aromatic heterocycles. The molecule has 0 spiro atoms. The average molecular weight is 266 g/mol. The van der Waals surface area contributed by atoms with Crippen LogP contribution in [0.25, 0.3) is 0 Å². The summed E-state index contributed by atoms with van der Waals surface area (Å²) < 4.78 is 4.32. The molecule has 0 unspecified atom stereocenters. The Kier molecular flexibility index (Phi) is 5.24. The lowest BCUT2D eigenvalue weighted by Gasteiger charge is -2.01. The number of aromatic nitrogens is 2. The highest BCUT2D eigenvalue weighted by Crippen LogP contribution is 2.04. The van der Waals surface area contributed by atoms with Crippen LogP contribution in [0, 0.1) is 0 Å². The number of aryl methyl sites for hydroxylation is 2. The highest BCUT2D eigenvalue weighted by Gasteiger charge is 2.04. The number of pyridine rings is 2. The number of rotatable bonds is 7. The second kappa shape index (κ2) is 7.39. The molecular weight excluding hydrogens is 244 g/mol. The Hall–Kier alpha value is -2.22. The molecule has 2 aromatic rings. The molecule has 0 amide bonds. The van der Waals surface area contributed by atoms with Crippen molar-refractivity contribution in [3.8, 4) is 0 Å². The Morgan fingerprint density at radius 2 is 1.25 bits per heavy atom. The quantitative estimate of drug-likeness (QED) is 0.537. The lowest BCUT2D eigenvalue weighted by atomic mass is 10.1. The van der Waals surface area contributed by atoms with Gasteiger partial charge >= 0.3 is 0 Å². The number of hydrogen-bond acceptors (Lipinski definition) is 0. The van der Waals surface area contributed by atoms with Gasteiger partial charge in [0.25, 0.3) is 0 Å². The lowest BCUT2D eigenvalue weighted by molar-refractivity contribution is -0.687. The minimum Gasteiger partial charge on any atom is -0.201 e. The van der Waals surface area contributed by atoms with E-state index >= 15 is 0 Å². The Morgan fingerprint density at radius 3 is 1.65 bits per heavy atom. The SMILES string of the molecule is C=CC[n+]1cccc(CCc2ccc[n+](CC=C)c2)c1. The zero-order valence-corrected chi connectivity index (χ0v) is 11.9. The summed E-state index contributed by atoms with van der Waals surface area (Å²) in [5.41, 5.74) is 2.71. The van der Waals surface area contributed by atoms with Crippen LogP contribution in [0.15, 0.2) is 74.4 Å². The maximum absolute atomic E-state index is 3.77. The van der Waals surface area contributed by atoms with E-state index in [1.165, 1.54) is 11.1 Å². The van der Waals surface area contributed by atoms with E-state index in [-0.39, 0.29) is 0 Å². The summed E-state index contributed by atoms with van der Waals surface area (Å²) in [6.07, 6.45) is 14.5. The highest BCUT2D eigenvalue weighted by atomic mass is 14.9. The minimum absolute atomic E-state index is 0.860. The molecule has 0 radical (unpaired) electrons. The first-order valence-electron chi connectivity index (χ1n) is 6.99. The van der Waals surface area contributed by atoms with E-state index < -0.39 is 0 Å². The van der Waals surface area contributed by atoms with Gasteiger partial charge in [-0.05, 0) is 37.1 Å². The Labute approximate surface area is 121 Å². The first-order valence-corrected chi connectivity index (χ1v) is 6.99. The van der Waals surface area contributed by atoms with Crippen LogP contribution in [0.4, 0.5) is 0 Å². The largest absolute Gasteiger partial charge is 0.201 e. The van der Waals surface area contributed by atoms with Gasteiger partial charge in [-0.25, -0.2) is 9.13 Å². The molecule has 0 N–H and O–H groups in total. The van der Waals surface area contributed by atoms with Gasteiger partial charge in [-0.15, -0.1) is 0 Å². The van der Waals surface area contributed by atoms with Crippen LogP contribution < -0.4 is 9.13 Å². The number of allylic oxidation sites excluding steroid dienone is 2. The fourth-order valence-corrected chi connectivity index (χ4v) is 2.26. The van der Waals surface area contributed by atoms with E-state index in [1.54, 1.807) is 0 Å². The first kappa shape index (κ1) is 14.2. The van der Waals surface area contributed by atoms with Gasteiger partial charge in [0.15, 0.2) is 37.9 Å². The van der Waals surface area contributed by atoms with Gasteiger partial charge in [-0.3, -0.25) is 0 Å². The third-order valence-corrected chi connectivity index (χ3v) is 3.22. The fourth-order valence-electron chi connectivity index (χ4n) is 2.26. The van der Waals surface area contributed by atoms with E-state index in [0.717, 1.165) is 25.9 Å². The maximum Gasteiger partial charge on any atom is 0.172 e. The lowest BCUT2D eigenvalue weighted by Crippen LogP contribution is -2.32. The van der Waals surface area contributed by atoms with Gasteiger partial charge in [-0.2, -0.15) is 0 Å². The zero-order chi connectivity index (χ0) is 14.2. The monoisotopic (exact) mass is 266 g/mol. The van der Waals surface area contributed by atoms with E-state index in [9.17, 15) is 0 Å². The third kappa shape index (κ3) is 4.16. The van der Waals surface area contributed by atoms with Crippen LogP contribution in [0.1, 0.15) is 11.1 Å². The van der Waals surface area contributed by atoms with Gasteiger partial charge in [0.2, 0.25) is 0 Å². The topological polar surface area (TPSA) is 7.76 Å². The Balaban J connectivity index is 2.00. The normalized spacial score (nSPS) is 10.2. The highest BCUT2D eigenvalue weighted by molar-refractivity contribution is 5.12. The van der Waals surface area contributed by atoms with Crippen LogP contribution in [-0.4, -0.2) is 0 Å². The van der Waals surface area contributed by atoms with Crippen molar-refractivity contribution in [3.63, 3.8) is 0 Å². The van der Waals surface area contributed by atoms with Crippen molar-refractivity contribution >= 4 is 0 Å². The van der Waals surface area contributed by atoms with Gasteiger partial charge in [0.05, 0.1) is 0 Å². The molecule has 2 nitrogen and oxygen atoms in total. The second-order valence-corrected chi connectivity index (χ2v) is 4.90. The summed E-state index contributed by atoms with van der Waals surface area (Å²) in [7, 11) is 0. The molecule has 0 fully saturated rings. The van der Waals surface area contributed by atoms with Crippen molar-refractivity contribution in [1.29, 1.82) is 0 Å². The van der Waals surface area contributed by atoms with Gasteiger partial charge < -0.3 is 0 Å².